The second-order valence-corrected chi connectivity index (χ2v) is 6.25. The largest absolute Gasteiger partial charge is 0.295 e. The maximum atomic E-state index is 6.09. The molecule has 0 aliphatic carbocycles. The Morgan fingerprint density at radius 1 is 1.28 bits per heavy atom. The highest BCUT2D eigenvalue weighted by Crippen LogP contribution is 2.28. The van der Waals surface area contributed by atoms with Crippen LogP contribution in [0.25, 0.3) is 10.1 Å². The number of nitrogens with zero attached hydrogens (tertiary/aromatic N) is 1. The van der Waals surface area contributed by atoms with Gasteiger partial charge in [0.25, 0.3) is 0 Å². The van der Waals surface area contributed by atoms with Crippen molar-refractivity contribution in [2.75, 3.05) is 12.4 Å². The maximum Gasteiger partial charge on any atom is 0.0379 e. The van der Waals surface area contributed by atoms with E-state index in [1.165, 1.54) is 41.5 Å². The van der Waals surface area contributed by atoms with Gasteiger partial charge in [-0.15, -0.1) is 22.9 Å². The highest BCUT2D eigenvalue weighted by Gasteiger charge is 2.22. The van der Waals surface area contributed by atoms with Crippen LogP contribution < -0.4 is 0 Å². The Bertz CT molecular complexity index is 522. The molecule has 3 rings (SSSR count). The molecule has 3 heteroatoms. The van der Waals surface area contributed by atoms with Crippen LogP contribution in [0, 0.1) is 0 Å². The number of likely N-dealkylation sites (tertiary alicyclic amines) is 1. The first-order valence-electron chi connectivity index (χ1n) is 6.63. The summed E-state index contributed by atoms with van der Waals surface area (Å²) in [5.41, 5.74) is 1.47. The molecule has 2 heterocycles. The molecular weight excluding hydrogens is 262 g/mol. The van der Waals surface area contributed by atoms with Crippen LogP contribution in [-0.4, -0.2) is 23.4 Å². The van der Waals surface area contributed by atoms with E-state index in [4.69, 9.17) is 11.6 Å². The highest BCUT2D eigenvalue weighted by atomic mass is 35.5. The topological polar surface area (TPSA) is 3.24 Å². The van der Waals surface area contributed by atoms with Crippen LogP contribution in [0.4, 0.5) is 0 Å². The molecule has 96 valence electrons. The summed E-state index contributed by atoms with van der Waals surface area (Å²) < 4.78 is 1.40. The van der Waals surface area contributed by atoms with Gasteiger partial charge >= 0.3 is 0 Å². The number of halogens is 1. The number of alkyl halides is 1. The van der Waals surface area contributed by atoms with Crippen molar-refractivity contribution in [1.82, 2.24) is 4.90 Å². The Morgan fingerprint density at radius 3 is 3.06 bits per heavy atom. The number of piperidine rings is 1. The molecule has 1 aliphatic heterocycles. The van der Waals surface area contributed by atoms with Crippen LogP contribution in [-0.2, 0) is 6.54 Å². The Hall–Kier alpha value is -0.570. The van der Waals surface area contributed by atoms with E-state index in [-0.39, 0.29) is 0 Å². The predicted molar refractivity (Wildman–Crippen MR) is 80.6 cm³/mol. The number of hydrogen-bond donors (Lipinski definition) is 0. The summed E-state index contributed by atoms with van der Waals surface area (Å²) in [5, 5.41) is 3.73. The standard InChI is InChI=1S/C15H18ClNS/c16-9-13-5-3-4-8-17(13)10-12-11-18-15-7-2-1-6-14(12)15/h1-2,6-7,11,13H,3-5,8-10H2. The number of thiophene rings is 1. The molecule has 1 saturated heterocycles. The summed E-state index contributed by atoms with van der Waals surface area (Å²) in [6.45, 7) is 2.25. The summed E-state index contributed by atoms with van der Waals surface area (Å²) in [6, 6.07) is 9.26. The zero-order valence-corrected chi connectivity index (χ0v) is 12.0. The van der Waals surface area contributed by atoms with Gasteiger partial charge in [0, 0.05) is 23.2 Å². The fourth-order valence-corrected chi connectivity index (χ4v) is 4.12. The first-order chi connectivity index (χ1) is 8.88. The van der Waals surface area contributed by atoms with Crippen LogP contribution in [0.5, 0.6) is 0 Å². The molecule has 1 aliphatic rings. The van der Waals surface area contributed by atoms with Gasteiger partial charge in [0.05, 0.1) is 0 Å². The van der Waals surface area contributed by atoms with Gasteiger partial charge in [0.1, 0.15) is 0 Å². The predicted octanol–water partition coefficient (Wildman–Crippen LogP) is 4.49. The van der Waals surface area contributed by atoms with Gasteiger partial charge < -0.3 is 0 Å². The normalized spacial score (nSPS) is 21.5. The van der Waals surface area contributed by atoms with Crippen molar-refractivity contribution in [2.24, 2.45) is 0 Å². The van der Waals surface area contributed by atoms with Crippen molar-refractivity contribution in [3.05, 3.63) is 35.2 Å². The highest BCUT2D eigenvalue weighted by molar-refractivity contribution is 7.17. The van der Waals surface area contributed by atoms with Crippen LogP contribution in [0.3, 0.4) is 0 Å². The average Bonchev–Trinajstić information content (AvgIpc) is 2.83. The summed E-state index contributed by atoms with van der Waals surface area (Å²) in [6.07, 6.45) is 3.90. The Morgan fingerprint density at radius 2 is 2.17 bits per heavy atom. The number of fused-ring (bicyclic) bond motifs is 1. The van der Waals surface area contributed by atoms with Crippen LogP contribution >= 0.6 is 22.9 Å². The van der Waals surface area contributed by atoms with E-state index in [0.29, 0.717) is 6.04 Å². The SMILES string of the molecule is ClCC1CCCCN1Cc1csc2ccccc12. The monoisotopic (exact) mass is 279 g/mol. The van der Waals surface area contributed by atoms with Gasteiger partial charge in [0.15, 0.2) is 0 Å². The Kier molecular flexibility index (Phi) is 3.88. The molecule has 0 bridgehead atoms. The number of benzene rings is 1. The molecule has 0 spiro atoms. The average molecular weight is 280 g/mol. The first-order valence-corrected chi connectivity index (χ1v) is 8.05. The quantitative estimate of drug-likeness (QED) is 0.748. The Balaban J connectivity index is 1.82. The van der Waals surface area contributed by atoms with E-state index in [1.54, 1.807) is 0 Å². The number of hydrogen-bond acceptors (Lipinski definition) is 2. The van der Waals surface area contributed by atoms with Crippen LogP contribution in [0.1, 0.15) is 24.8 Å². The molecule has 0 N–H and O–H groups in total. The molecule has 2 aromatic rings. The minimum absolute atomic E-state index is 0.569. The summed E-state index contributed by atoms with van der Waals surface area (Å²) in [7, 11) is 0. The molecule has 1 unspecified atom stereocenters. The molecular formula is C15H18ClNS. The molecule has 1 aromatic carbocycles. The Labute approximate surface area is 117 Å². The van der Waals surface area contributed by atoms with Crippen molar-refractivity contribution >= 4 is 33.0 Å². The van der Waals surface area contributed by atoms with Gasteiger partial charge in [-0.3, -0.25) is 4.90 Å². The van der Waals surface area contributed by atoms with Crippen LogP contribution in [0.15, 0.2) is 29.6 Å². The molecule has 0 radical (unpaired) electrons. The molecule has 18 heavy (non-hydrogen) atoms. The fraction of sp³-hybridized carbons (Fsp3) is 0.467. The second-order valence-electron chi connectivity index (χ2n) is 5.03. The van der Waals surface area contributed by atoms with Crippen molar-refractivity contribution in [3.63, 3.8) is 0 Å². The van der Waals surface area contributed by atoms with Gasteiger partial charge in [0.2, 0.25) is 0 Å². The van der Waals surface area contributed by atoms with Gasteiger partial charge in [-0.1, -0.05) is 24.6 Å². The molecule has 0 saturated carbocycles. The fourth-order valence-electron chi connectivity index (χ4n) is 2.82. The lowest BCUT2D eigenvalue weighted by Crippen LogP contribution is -2.39. The van der Waals surface area contributed by atoms with Gasteiger partial charge in [-0.25, -0.2) is 0 Å². The van der Waals surface area contributed by atoms with E-state index in [9.17, 15) is 0 Å². The zero-order chi connectivity index (χ0) is 12.4. The minimum atomic E-state index is 0.569. The lowest BCUT2D eigenvalue weighted by molar-refractivity contribution is 0.155. The van der Waals surface area contributed by atoms with E-state index in [0.717, 1.165) is 12.4 Å². The third kappa shape index (κ3) is 2.42. The third-order valence-corrected chi connectivity index (χ3v) is 5.23. The lowest BCUT2D eigenvalue weighted by Gasteiger charge is -2.34. The van der Waals surface area contributed by atoms with E-state index >= 15 is 0 Å². The molecule has 1 nitrogen and oxygen atoms in total. The van der Waals surface area contributed by atoms with Crippen molar-refractivity contribution in [3.8, 4) is 0 Å². The van der Waals surface area contributed by atoms with Crippen molar-refractivity contribution in [2.45, 2.75) is 31.8 Å². The molecule has 0 amide bonds. The smallest absolute Gasteiger partial charge is 0.0379 e. The molecule has 1 aromatic heterocycles. The van der Waals surface area contributed by atoms with E-state index in [1.807, 2.05) is 11.3 Å². The molecule has 1 fully saturated rings. The summed E-state index contributed by atoms with van der Waals surface area (Å²) in [4.78, 5) is 2.56. The summed E-state index contributed by atoms with van der Waals surface area (Å²) >= 11 is 7.95. The number of rotatable bonds is 3. The van der Waals surface area contributed by atoms with E-state index in [2.05, 4.69) is 34.5 Å². The minimum Gasteiger partial charge on any atom is -0.295 e. The van der Waals surface area contributed by atoms with Crippen LogP contribution in [0.2, 0.25) is 0 Å². The zero-order valence-electron chi connectivity index (χ0n) is 10.4. The molecule has 1 atom stereocenters. The second kappa shape index (κ2) is 5.60. The van der Waals surface area contributed by atoms with Crippen molar-refractivity contribution in [1.29, 1.82) is 0 Å². The van der Waals surface area contributed by atoms with E-state index < -0.39 is 0 Å². The van der Waals surface area contributed by atoms with Crippen molar-refractivity contribution < 1.29 is 0 Å². The van der Waals surface area contributed by atoms with Gasteiger partial charge in [-0.05, 0) is 41.8 Å². The lowest BCUT2D eigenvalue weighted by atomic mass is 10.0. The maximum absolute atomic E-state index is 6.09. The summed E-state index contributed by atoms with van der Waals surface area (Å²) in [5.74, 6) is 0.766. The first kappa shape index (κ1) is 12.5. The third-order valence-electron chi connectivity index (χ3n) is 3.86. The van der Waals surface area contributed by atoms with Gasteiger partial charge in [-0.2, -0.15) is 0 Å².